The summed E-state index contributed by atoms with van der Waals surface area (Å²) in [6, 6.07) is 8.32. The number of β-amino-alcohol motifs (C(OH)–C–C–N with tert-alkyl or cyclic N) is 1. The summed E-state index contributed by atoms with van der Waals surface area (Å²) in [6.45, 7) is 7.08. The van der Waals surface area contributed by atoms with Crippen LogP contribution in [0.1, 0.15) is 6.42 Å². The van der Waals surface area contributed by atoms with E-state index in [0.717, 1.165) is 49.8 Å². The third-order valence-corrected chi connectivity index (χ3v) is 6.00. The van der Waals surface area contributed by atoms with Crippen LogP contribution in [0.15, 0.2) is 24.3 Å². The molecule has 1 atom stereocenters. The van der Waals surface area contributed by atoms with Gasteiger partial charge in [0, 0.05) is 45.8 Å². The number of thiazole rings is 1. The van der Waals surface area contributed by atoms with Crippen LogP contribution in [0.5, 0.6) is 0 Å². The number of hydrogen-bond acceptors (Lipinski definition) is 7. The first-order valence-electron chi connectivity index (χ1n) is 9.06. The highest BCUT2D eigenvalue weighted by atomic mass is 32.1. The Kier molecular flexibility index (Phi) is 5.19. The number of nitrogens with zero attached hydrogens (tertiary/aromatic N) is 3. The third kappa shape index (κ3) is 4.12. The second-order valence-electron chi connectivity index (χ2n) is 7.03. The molecule has 136 valence electrons. The summed E-state index contributed by atoms with van der Waals surface area (Å²) < 4.78 is 6.79. The van der Waals surface area contributed by atoms with E-state index in [4.69, 9.17) is 9.72 Å². The molecule has 7 heteroatoms. The average Bonchev–Trinajstić information content (AvgIpc) is 2.75. The molecule has 6 nitrogen and oxygen atoms in total. The molecule has 25 heavy (non-hydrogen) atoms. The normalized spacial score (nSPS) is 26.5. The molecule has 0 bridgehead atoms. The van der Waals surface area contributed by atoms with Crippen molar-refractivity contribution >= 4 is 26.7 Å². The van der Waals surface area contributed by atoms with E-state index >= 15 is 0 Å². The Morgan fingerprint density at radius 1 is 1.24 bits per heavy atom. The minimum absolute atomic E-state index is 0.415. The van der Waals surface area contributed by atoms with Crippen molar-refractivity contribution in [3.05, 3.63) is 24.3 Å². The number of ether oxygens (including phenoxy) is 1. The lowest BCUT2D eigenvalue weighted by molar-refractivity contribution is -0.0479. The Morgan fingerprint density at radius 2 is 2.16 bits per heavy atom. The number of nitrogens with one attached hydrogen (secondary N) is 1. The van der Waals surface area contributed by atoms with Crippen LogP contribution in [0, 0.1) is 0 Å². The largest absolute Gasteiger partial charge is 0.385 e. The lowest BCUT2D eigenvalue weighted by Gasteiger charge is -2.32. The molecule has 2 saturated heterocycles. The fourth-order valence-electron chi connectivity index (χ4n) is 3.61. The van der Waals surface area contributed by atoms with Crippen molar-refractivity contribution in [1.82, 2.24) is 15.2 Å². The summed E-state index contributed by atoms with van der Waals surface area (Å²) in [5.41, 5.74) is 0.293. The van der Waals surface area contributed by atoms with E-state index in [1.54, 1.807) is 11.3 Å². The first-order chi connectivity index (χ1) is 12.2. The molecule has 2 N–H and O–H groups in total. The van der Waals surface area contributed by atoms with Crippen molar-refractivity contribution in [3.63, 3.8) is 0 Å². The zero-order valence-electron chi connectivity index (χ0n) is 14.5. The van der Waals surface area contributed by atoms with Gasteiger partial charge in [0.15, 0.2) is 5.13 Å². The molecule has 1 aromatic heterocycles. The zero-order valence-corrected chi connectivity index (χ0v) is 15.3. The van der Waals surface area contributed by atoms with Crippen molar-refractivity contribution in [2.24, 2.45) is 0 Å². The number of benzene rings is 1. The summed E-state index contributed by atoms with van der Waals surface area (Å²) in [5.74, 6) is 0. The Bertz CT molecular complexity index is 666. The monoisotopic (exact) mass is 362 g/mol. The fraction of sp³-hybridized carbons (Fsp3) is 0.611. The molecule has 2 fully saturated rings. The van der Waals surface area contributed by atoms with E-state index < -0.39 is 5.60 Å². The summed E-state index contributed by atoms with van der Waals surface area (Å²) in [7, 11) is 0. The van der Waals surface area contributed by atoms with E-state index in [2.05, 4.69) is 33.3 Å². The van der Waals surface area contributed by atoms with Crippen LogP contribution in [0.3, 0.4) is 0 Å². The highest BCUT2D eigenvalue weighted by Gasteiger charge is 2.32. The molecule has 0 aliphatic carbocycles. The van der Waals surface area contributed by atoms with Gasteiger partial charge in [-0.3, -0.25) is 4.90 Å². The maximum atomic E-state index is 10.8. The number of fused-ring (bicyclic) bond motifs is 1. The number of anilines is 1. The number of hydrogen-bond donors (Lipinski definition) is 2. The number of aromatic nitrogens is 1. The molecule has 0 spiro atoms. The maximum absolute atomic E-state index is 10.8. The molecule has 2 aliphatic rings. The lowest BCUT2D eigenvalue weighted by Crippen LogP contribution is -2.52. The standard InChI is InChI=1S/C18H26N4O2S/c23-18(12-19-6-11-24-14-18)13-21-7-3-8-22(10-9-21)17-20-15-4-1-2-5-16(15)25-17/h1-2,4-5,19,23H,3,6-14H2. The van der Waals surface area contributed by atoms with E-state index in [1.807, 2.05) is 6.07 Å². The third-order valence-electron chi connectivity index (χ3n) is 4.91. The van der Waals surface area contributed by atoms with E-state index in [1.165, 1.54) is 4.70 Å². The van der Waals surface area contributed by atoms with Gasteiger partial charge in [-0.05, 0) is 18.6 Å². The quantitative estimate of drug-likeness (QED) is 0.855. The molecule has 4 rings (SSSR count). The Morgan fingerprint density at radius 3 is 3.08 bits per heavy atom. The van der Waals surface area contributed by atoms with Crippen molar-refractivity contribution < 1.29 is 9.84 Å². The van der Waals surface area contributed by atoms with E-state index in [9.17, 15) is 5.11 Å². The van der Waals surface area contributed by atoms with E-state index in [-0.39, 0.29) is 0 Å². The SMILES string of the molecule is OC1(CN2CCCN(c3nc4ccccc4s3)CC2)CNCCOC1. The molecule has 2 aromatic rings. The molecule has 0 radical (unpaired) electrons. The van der Waals surface area contributed by atoms with Crippen LogP contribution in [-0.2, 0) is 4.74 Å². The highest BCUT2D eigenvalue weighted by Crippen LogP contribution is 2.29. The minimum atomic E-state index is -0.790. The maximum Gasteiger partial charge on any atom is 0.186 e. The average molecular weight is 362 g/mol. The first-order valence-corrected chi connectivity index (χ1v) is 9.87. The predicted molar refractivity (Wildman–Crippen MR) is 102 cm³/mol. The van der Waals surface area contributed by atoms with Gasteiger partial charge in [-0.25, -0.2) is 4.98 Å². The summed E-state index contributed by atoms with van der Waals surface area (Å²) in [4.78, 5) is 9.54. The second kappa shape index (κ2) is 7.55. The van der Waals surface area contributed by atoms with Gasteiger partial charge in [0.1, 0.15) is 5.60 Å². The predicted octanol–water partition coefficient (Wildman–Crippen LogP) is 1.16. The number of para-hydroxylation sites is 1. The Labute approximate surface area is 152 Å². The lowest BCUT2D eigenvalue weighted by atomic mass is 10.0. The van der Waals surface area contributed by atoms with Gasteiger partial charge in [0.05, 0.1) is 23.4 Å². The Balaban J connectivity index is 1.39. The molecular weight excluding hydrogens is 336 g/mol. The summed E-state index contributed by atoms with van der Waals surface area (Å²) in [6.07, 6.45) is 1.08. The molecule has 0 amide bonds. The number of rotatable bonds is 3. The van der Waals surface area contributed by atoms with Gasteiger partial charge in [0.25, 0.3) is 0 Å². The van der Waals surface area contributed by atoms with E-state index in [0.29, 0.717) is 26.3 Å². The molecule has 2 aliphatic heterocycles. The second-order valence-corrected chi connectivity index (χ2v) is 8.04. The molecular formula is C18H26N4O2S. The number of aliphatic hydroxyl groups is 1. The summed E-state index contributed by atoms with van der Waals surface area (Å²) >= 11 is 1.77. The molecule has 3 heterocycles. The first kappa shape index (κ1) is 17.2. The Hall–Kier alpha value is -1.25. The van der Waals surface area contributed by atoms with Gasteiger partial charge >= 0.3 is 0 Å². The van der Waals surface area contributed by atoms with Gasteiger partial charge in [-0.1, -0.05) is 23.5 Å². The summed E-state index contributed by atoms with van der Waals surface area (Å²) in [5, 5.41) is 15.2. The molecule has 1 aromatic carbocycles. The van der Waals surface area contributed by atoms with Crippen LogP contribution in [0.2, 0.25) is 0 Å². The molecule has 0 saturated carbocycles. The fourth-order valence-corrected chi connectivity index (χ4v) is 4.63. The topological polar surface area (TPSA) is 60.9 Å². The van der Waals surface area contributed by atoms with Gasteiger partial charge in [-0.2, -0.15) is 0 Å². The van der Waals surface area contributed by atoms with Crippen LogP contribution in [-0.4, -0.2) is 79.6 Å². The minimum Gasteiger partial charge on any atom is -0.385 e. The van der Waals surface area contributed by atoms with Gasteiger partial charge in [-0.15, -0.1) is 0 Å². The van der Waals surface area contributed by atoms with Crippen LogP contribution in [0.25, 0.3) is 10.2 Å². The smallest absolute Gasteiger partial charge is 0.186 e. The van der Waals surface area contributed by atoms with Crippen molar-refractivity contribution in [1.29, 1.82) is 0 Å². The zero-order chi connectivity index (χ0) is 17.1. The highest BCUT2D eigenvalue weighted by molar-refractivity contribution is 7.22. The molecule has 1 unspecified atom stereocenters. The van der Waals surface area contributed by atoms with Crippen LogP contribution >= 0.6 is 11.3 Å². The van der Waals surface area contributed by atoms with Gasteiger partial charge < -0.3 is 20.1 Å². The van der Waals surface area contributed by atoms with Crippen molar-refractivity contribution in [2.75, 3.05) is 63.9 Å². The van der Waals surface area contributed by atoms with Crippen LogP contribution in [0.4, 0.5) is 5.13 Å². The van der Waals surface area contributed by atoms with Gasteiger partial charge in [0.2, 0.25) is 0 Å². The van der Waals surface area contributed by atoms with Crippen molar-refractivity contribution in [2.45, 2.75) is 12.0 Å². The van der Waals surface area contributed by atoms with Crippen LogP contribution < -0.4 is 10.2 Å². The van der Waals surface area contributed by atoms with Crippen molar-refractivity contribution in [3.8, 4) is 0 Å².